The molecule has 418 valence electrons. The molecule has 10 nitrogen and oxygen atoms in total. The number of cyclic esters (lactones) is 1. The van der Waals surface area contributed by atoms with Crippen molar-refractivity contribution in [2.75, 3.05) is 33.3 Å². The number of aliphatic hydroxyl groups is 4. The molecule has 0 unspecified atom stereocenters. The Kier molecular flexibility index (Phi) is 24.1. The van der Waals surface area contributed by atoms with Crippen LogP contribution in [0.3, 0.4) is 0 Å². The summed E-state index contributed by atoms with van der Waals surface area (Å²) in [5, 5.41) is 50.6. The molecule has 2 saturated heterocycles. The number of halogens is 2. The predicted molar refractivity (Wildman–Crippen MR) is 296 cm³/mol. The number of carbonyl (C=O) groups is 1. The van der Waals surface area contributed by atoms with Crippen LogP contribution in [0.15, 0.2) is 60.7 Å². The van der Waals surface area contributed by atoms with Crippen LogP contribution in [0.25, 0.3) is 0 Å². The summed E-state index contributed by atoms with van der Waals surface area (Å²) in [7, 11) is 1.56. The first-order valence-electron chi connectivity index (χ1n) is 28.8. The molecule has 1 saturated carbocycles. The zero-order valence-corrected chi connectivity index (χ0v) is 47.8. The molecule has 1 aliphatic carbocycles. The van der Waals surface area contributed by atoms with E-state index in [0.717, 1.165) is 38.3 Å². The Morgan fingerprint density at radius 1 is 0.781 bits per heavy atom. The Bertz CT molecular complexity index is 1840. The van der Waals surface area contributed by atoms with Gasteiger partial charge in [0.1, 0.15) is 23.9 Å². The zero-order valence-electron chi connectivity index (χ0n) is 46.8. The summed E-state index contributed by atoms with van der Waals surface area (Å²) >= 11 is 0. The molecule has 0 aromatic heterocycles. The third kappa shape index (κ3) is 16.9. The fraction of sp³-hybridized carbons (Fsp3) is 0.783. The maximum Gasteiger partial charge on any atom is 0.126 e. The summed E-state index contributed by atoms with van der Waals surface area (Å²) in [6.07, 6.45) is 11.5. The first kappa shape index (κ1) is 61.7. The van der Waals surface area contributed by atoms with Crippen LogP contribution in [0.1, 0.15) is 177 Å². The Hall–Kier alpha value is -2.12. The van der Waals surface area contributed by atoms with Crippen molar-refractivity contribution in [2.24, 2.45) is 17.8 Å². The van der Waals surface area contributed by atoms with Crippen molar-refractivity contribution >= 4 is 23.8 Å². The van der Waals surface area contributed by atoms with E-state index in [-0.39, 0.29) is 36.8 Å². The maximum absolute atomic E-state index is 14.5. The molecule has 0 bridgehead atoms. The van der Waals surface area contributed by atoms with Gasteiger partial charge in [-0.05, 0) is 85.9 Å². The van der Waals surface area contributed by atoms with Crippen LogP contribution >= 0.6 is 7.26 Å². The molecule has 3 fully saturated rings. The topological polar surface area (TPSA) is 132 Å². The molecule has 2 heterocycles. The number of esters is 1. The number of ether oxygens (including phenoxy) is 3. The van der Waals surface area contributed by atoms with Gasteiger partial charge in [0.25, 0.3) is 0 Å². The average molecular weight is 1050 g/mol. The Morgan fingerprint density at radius 2 is 1.30 bits per heavy atom. The zero-order chi connectivity index (χ0) is 53.6. The summed E-state index contributed by atoms with van der Waals surface area (Å²) in [4.78, 5) is 17.9. The van der Waals surface area contributed by atoms with Gasteiger partial charge in [0.15, 0.2) is 6.29 Å². The van der Waals surface area contributed by atoms with E-state index < -0.39 is 73.0 Å². The largest absolute Gasteiger partial charge is 0.388 e. The summed E-state index contributed by atoms with van der Waals surface area (Å²) in [5.41, 5.74) is -2.77. The SMILES string of the molecule is CC[C@H]1OC(=O)[C@H](C)C[C@H](C)[C@@H](O[C@@H]2O[C@H](C)C[C@H](N(C)C)[C@H]2O)[C@](C)(O)C[C@@H](C)CN(CCCCCCCCCCCCC[PH](c2ccccc2)(c2ccccc2)C2CCC(F)(F)CC2)[C@H](C)[C@@H](O)[C@]1(C)O. The smallest absolute Gasteiger partial charge is 0.126 e. The molecule has 73 heavy (non-hydrogen) atoms. The summed E-state index contributed by atoms with van der Waals surface area (Å²) < 4.78 is 47.9. The van der Waals surface area contributed by atoms with E-state index >= 15 is 0 Å². The number of nitrogens with zero attached hydrogens (tertiary/aromatic N) is 2. The molecule has 2 aromatic carbocycles. The van der Waals surface area contributed by atoms with Crippen molar-refractivity contribution < 1.29 is 48.2 Å². The van der Waals surface area contributed by atoms with Gasteiger partial charge in [0.2, 0.25) is 0 Å². The van der Waals surface area contributed by atoms with Crippen LogP contribution in [-0.2, 0) is 19.0 Å². The number of hydrogen-bond acceptors (Lipinski definition) is 10. The first-order valence-corrected chi connectivity index (χ1v) is 31.0. The van der Waals surface area contributed by atoms with Gasteiger partial charge in [0.05, 0.1) is 23.7 Å². The number of unbranched alkanes of at least 4 members (excludes halogenated alkanes) is 10. The van der Waals surface area contributed by atoms with E-state index in [2.05, 4.69) is 72.5 Å². The summed E-state index contributed by atoms with van der Waals surface area (Å²) in [5.74, 6) is -4.01. The third-order valence-corrected chi connectivity index (χ3v) is 23.4. The van der Waals surface area contributed by atoms with E-state index in [0.29, 0.717) is 57.3 Å². The van der Waals surface area contributed by atoms with Gasteiger partial charge < -0.3 is 39.5 Å². The van der Waals surface area contributed by atoms with Crippen LogP contribution in [0.4, 0.5) is 8.78 Å². The Labute approximate surface area is 441 Å². The van der Waals surface area contributed by atoms with Crippen LogP contribution in [0.5, 0.6) is 0 Å². The molecule has 0 amide bonds. The number of aliphatic hydroxyl groups excluding tert-OH is 2. The fourth-order valence-corrected chi connectivity index (χ4v) is 19.3. The van der Waals surface area contributed by atoms with E-state index in [1.165, 1.54) is 49.1 Å². The molecule has 3 aliphatic rings. The van der Waals surface area contributed by atoms with E-state index in [4.69, 9.17) is 14.2 Å². The van der Waals surface area contributed by atoms with Crippen molar-refractivity contribution in [3.8, 4) is 0 Å². The molecule has 2 aromatic rings. The van der Waals surface area contributed by atoms with Gasteiger partial charge in [-0.1, -0.05) is 27.7 Å². The molecular weight excluding hydrogens is 946 g/mol. The third-order valence-electron chi connectivity index (χ3n) is 17.5. The summed E-state index contributed by atoms with van der Waals surface area (Å²) in [6, 6.07) is 21.1. The van der Waals surface area contributed by atoms with Crippen LogP contribution < -0.4 is 10.6 Å². The number of likely N-dealkylation sites (N-methyl/N-ethyl adjacent to an activating group) is 1. The molecule has 13 atom stereocenters. The Morgan fingerprint density at radius 3 is 1.82 bits per heavy atom. The molecule has 5 rings (SSSR count). The quantitative estimate of drug-likeness (QED) is 0.0544. The maximum atomic E-state index is 14.5. The van der Waals surface area contributed by atoms with E-state index in [1.807, 2.05) is 46.7 Å². The molecule has 4 N–H and O–H groups in total. The first-order chi connectivity index (χ1) is 34.5. The monoisotopic (exact) mass is 1050 g/mol. The standard InChI is InChI=1S/C60H101F2N2O8P/c1-11-52-59(8,69)54(66)47(6)64(42-43(2)41-58(7,68)55(44(3)39-45(4)56(67)71-52)72-57-53(65)51(63(9)10)40-46(5)70-57)37-27-19-17-15-13-12-14-16-18-20-28-38-73(48-29-23-21-24-30-48,49-31-25-22-26-32-49)50-33-35-60(61,62)36-34-50/h21-26,29-32,43-47,50-55,57,65-66,68-69,73H,11-20,27-28,33-42H2,1-10H3/t43-,44+,45-,46-,47-,51+,52-,53-,54-,55-,57+,58-,59-/m1/s1. The van der Waals surface area contributed by atoms with Crippen LogP contribution in [0.2, 0.25) is 0 Å². The molecule has 2 aliphatic heterocycles. The minimum Gasteiger partial charge on any atom is -0.388 e. The van der Waals surface area contributed by atoms with Crippen molar-refractivity contribution in [1.29, 1.82) is 0 Å². The average Bonchev–Trinajstić information content (AvgIpc) is 3.34. The number of carbonyl (C=O) groups excluding carboxylic acids is 1. The fourth-order valence-electron chi connectivity index (χ4n) is 13.4. The van der Waals surface area contributed by atoms with Crippen molar-refractivity contribution in [3.05, 3.63) is 60.7 Å². The molecule has 0 spiro atoms. The van der Waals surface area contributed by atoms with Crippen LogP contribution in [0, 0.1) is 17.8 Å². The predicted octanol–water partition coefficient (Wildman–Crippen LogP) is 10.6. The minimum atomic E-state index is -2.54. The Balaban J connectivity index is 1.14. The molecular formula is C60H101F2N2O8P. The summed E-state index contributed by atoms with van der Waals surface area (Å²) in [6.45, 7) is 16.2. The van der Waals surface area contributed by atoms with Gasteiger partial charge in [-0.2, -0.15) is 0 Å². The minimum absolute atomic E-state index is 0.00190. The second kappa shape index (κ2) is 28.5. The van der Waals surface area contributed by atoms with Gasteiger partial charge in [-0.25, -0.2) is 0 Å². The second-order valence-corrected chi connectivity index (χ2v) is 28.5. The van der Waals surface area contributed by atoms with E-state index in [1.54, 1.807) is 20.8 Å². The van der Waals surface area contributed by atoms with Crippen molar-refractivity contribution in [3.63, 3.8) is 0 Å². The van der Waals surface area contributed by atoms with E-state index in [9.17, 15) is 34.0 Å². The molecule has 0 radical (unpaired) electrons. The van der Waals surface area contributed by atoms with Crippen molar-refractivity contribution in [2.45, 2.75) is 249 Å². The molecule has 13 heteroatoms. The van der Waals surface area contributed by atoms with Gasteiger partial charge in [-0.3, -0.25) is 9.69 Å². The number of hydrogen-bond donors (Lipinski definition) is 4. The van der Waals surface area contributed by atoms with Gasteiger partial charge in [0, 0.05) is 18.6 Å². The van der Waals surface area contributed by atoms with Crippen molar-refractivity contribution in [1.82, 2.24) is 9.80 Å². The van der Waals surface area contributed by atoms with Gasteiger partial charge in [-0.15, -0.1) is 0 Å². The second-order valence-electron chi connectivity index (χ2n) is 24.1. The number of benzene rings is 2. The number of alkyl halides is 2. The number of rotatable bonds is 21. The van der Waals surface area contributed by atoms with Crippen LogP contribution in [-0.4, -0.2) is 141 Å². The van der Waals surface area contributed by atoms with Gasteiger partial charge >= 0.3 is 207 Å². The normalized spacial score (nSPS) is 34.0.